The molecule has 0 bridgehead atoms. The van der Waals surface area contributed by atoms with E-state index in [1.807, 2.05) is 36.4 Å². The van der Waals surface area contributed by atoms with Crippen LogP contribution in [-0.4, -0.2) is 12.6 Å². The molecule has 1 aromatic carbocycles. The van der Waals surface area contributed by atoms with E-state index in [2.05, 4.69) is 4.99 Å². The second kappa shape index (κ2) is 6.14. The molecular weight excluding hydrogens is 198 g/mol. The van der Waals surface area contributed by atoms with Crippen LogP contribution in [0.3, 0.4) is 0 Å². The molecule has 0 radical (unpaired) electrons. The lowest BCUT2D eigenvalue weighted by atomic mass is 10.1. The SMILES string of the molecule is O=C=NC/C=C\Cc1ccc(Cl)cc1. The van der Waals surface area contributed by atoms with Gasteiger partial charge in [0, 0.05) is 5.02 Å². The molecule has 0 aromatic heterocycles. The fraction of sp³-hybridized carbons (Fsp3) is 0.182. The molecule has 0 aliphatic rings. The summed E-state index contributed by atoms with van der Waals surface area (Å²) in [5, 5.41) is 0.739. The molecule has 2 nitrogen and oxygen atoms in total. The van der Waals surface area contributed by atoms with Crippen LogP contribution in [0.2, 0.25) is 5.02 Å². The third kappa shape index (κ3) is 4.04. The Labute approximate surface area is 87.9 Å². The van der Waals surface area contributed by atoms with E-state index in [4.69, 9.17) is 11.6 Å². The molecule has 0 fully saturated rings. The molecule has 0 aliphatic heterocycles. The third-order valence-corrected chi connectivity index (χ3v) is 1.95. The molecule has 72 valence electrons. The first-order valence-electron chi connectivity index (χ1n) is 4.26. The monoisotopic (exact) mass is 207 g/mol. The minimum absolute atomic E-state index is 0.400. The van der Waals surface area contributed by atoms with E-state index in [1.54, 1.807) is 0 Å². The molecule has 0 amide bonds. The minimum atomic E-state index is 0.400. The standard InChI is InChI=1S/C11H10ClNO/c12-11-6-4-10(5-7-11)3-1-2-8-13-9-14/h1-2,4-7H,3,8H2/b2-1-. The largest absolute Gasteiger partial charge is 0.235 e. The van der Waals surface area contributed by atoms with Crippen molar-refractivity contribution in [3.8, 4) is 0 Å². The normalized spacial score (nSPS) is 10.1. The molecule has 0 unspecified atom stereocenters. The maximum atomic E-state index is 9.74. The molecule has 0 N–H and O–H groups in total. The lowest BCUT2D eigenvalue weighted by Crippen LogP contribution is -1.80. The quantitative estimate of drug-likeness (QED) is 0.424. The highest BCUT2D eigenvalue weighted by atomic mass is 35.5. The van der Waals surface area contributed by atoms with E-state index in [0.717, 1.165) is 11.4 Å². The maximum Gasteiger partial charge on any atom is 0.235 e. The Hall–Kier alpha value is -1.37. The fourth-order valence-electron chi connectivity index (χ4n) is 1.00. The minimum Gasteiger partial charge on any atom is -0.211 e. The molecule has 0 heterocycles. The van der Waals surface area contributed by atoms with Crippen LogP contribution >= 0.6 is 11.6 Å². The van der Waals surface area contributed by atoms with E-state index in [9.17, 15) is 4.79 Å². The number of isocyanates is 1. The lowest BCUT2D eigenvalue weighted by molar-refractivity contribution is 0.564. The zero-order chi connectivity index (χ0) is 10.2. The smallest absolute Gasteiger partial charge is 0.211 e. The van der Waals surface area contributed by atoms with Crippen molar-refractivity contribution in [3.63, 3.8) is 0 Å². The summed E-state index contributed by atoms with van der Waals surface area (Å²) in [4.78, 5) is 13.1. The van der Waals surface area contributed by atoms with Gasteiger partial charge in [0.05, 0.1) is 6.54 Å². The van der Waals surface area contributed by atoms with Crippen molar-refractivity contribution in [1.29, 1.82) is 0 Å². The molecule has 3 heteroatoms. The highest BCUT2D eigenvalue weighted by Crippen LogP contribution is 2.09. The molecule has 0 saturated carbocycles. The Morgan fingerprint density at radius 1 is 1.29 bits per heavy atom. The number of aliphatic imine (C=N–C) groups is 1. The van der Waals surface area contributed by atoms with Crippen molar-refractivity contribution < 1.29 is 4.79 Å². The van der Waals surface area contributed by atoms with E-state index < -0.39 is 0 Å². The van der Waals surface area contributed by atoms with Crippen LogP contribution in [0.5, 0.6) is 0 Å². The first kappa shape index (κ1) is 10.7. The van der Waals surface area contributed by atoms with Crippen LogP contribution in [0, 0.1) is 0 Å². The van der Waals surface area contributed by atoms with Gasteiger partial charge in [-0.15, -0.1) is 0 Å². The van der Waals surface area contributed by atoms with Crippen LogP contribution in [0.15, 0.2) is 41.4 Å². The number of halogens is 1. The van der Waals surface area contributed by atoms with Crippen molar-refractivity contribution in [3.05, 3.63) is 47.0 Å². The predicted octanol–water partition coefficient (Wildman–Crippen LogP) is 2.77. The summed E-state index contributed by atoms with van der Waals surface area (Å²) in [5.74, 6) is 0. The Balaban J connectivity index is 2.41. The Kier molecular flexibility index (Phi) is 4.70. The first-order valence-corrected chi connectivity index (χ1v) is 4.64. The number of benzene rings is 1. The Morgan fingerprint density at radius 3 is 2.64 bits per heavy atom. The average Bonchev–Trinajstić information content (AvgIpc) is 2.21. The second-order valence-electron chi connectivity index (χ2n) is 2.73. The topological polar surface area (TPSA) is 29.4 Å². The zero-order valence-corrected chi connectivity index (χ0v) is 8.37. The Morgan fingerprint density at radius 2 is 2.00 bits per heavy atom. The molecule has 1 rings (SSSR count). The summed E-state index contributed by atoms with van der Waals surface area (Å²) in [7, 11) is 0. The highest BCUT2D eigenvalue weighted by molar-refractivity contribution is 6.30. The Bertz CT molecular complexity index is 350. The molecular formula is C11H10ClNO. The average molecular weight is 208 g/mol. The van der Waals surface area contributed by atoms with E-state index >= 15 is 0 Å². The highest BCUT2D eigenvalue weighted by Gasteiger charge is 1.88. The van der Waals surface area contributed by atoms with Gasteiger partial charge in [0.15, 0.2) is 0 Å². The lowest BCUT2D eigenvalue weighted by Gasteiger charge is -1.95. The number of nitrogens with zero attached hydrogens (tertiary/aromatic N) is 1. The molecule has 0 aliphatic carbocycles. The van der Waals surface area contributed by atoms with Gasteiger partial charge in [0.1, 0.15) is 0 Å². The van der Waals surface area contributed by atoms with Crippen LogP contribution in [0.25, 0.3) is 0 Å². The van der Waals surface area contributed by atoms with Crippen molar-refractivity contribution in [1.82, 2.24) is 0 Å². The van der Waals surface area contributed by atoms with Gasteiger partial charge in [-0.2, -0.15) is 0 Å². The molecule has 0 spiro atoms. The van der Waals surface area contributed by atoms with Crippen LogP contribution in [0.4, 0.5) is 0 Å². The summed E-state index contributed by atoms with van der Waals surface area (Å²) in [5.41, 5.74) is 1.18. The fourth-order valence-corrected chi connectivity index (χ4v) is 1.13. The van der Waals surface area contributed by atoms with E-state index in [1.165, 1.54) is 11.6 Å². The van der Waals surface area contributed by atoms with E-state index in [0.29, 0.717) is 6.54 Å². The third-order valence-electron chi connectivity index (χ3n) is 1.69. The van der Waals surface area contributed by atoms with Crippen molar-refractivity contribution in [2.75, 3.05) is 6.54 Å². The van der Waals surface area contributed by atoms with Crippen LogP contribution in [-0.2, 0) is 11.2 Å². The van der Waals surface area contributed by atoms with Gasteiger partial charge in [-0.25, -0.2) is 9.79 Å². The van der Waals surface area contributed by atoms with Gasteiger partial charge < -0.3 is 0 Å². The van der Waals surface area contributed by atoms with Gasteiger partial charge in [0.2, 0.25) is 6.08 Å². The summed E-state index contributed by atoms with van der Waals surface area (Å²) in [6.45, 7) is 0.400. The van der Waals surface area contributed by atoms with E-state index in [-0.39, 0.29) is 0 Å². The number of rotatable bonds is 4. The number of carbonyl (C=O) groups excluding carboxylic acids is 1. The summed E-state index contributed by atoms with van der Waals surface area (Å²) in [6.07, 6.45) is 6.10. The predicted molar refractivity (Wildman–Crippen MR) is 57.3 cm³/mol. The molecule has 0 atom stereocenters. The number of allylic oxidation sites excluding steroid dienone is 1. The van der Waals surface area contributed by atoms with Crippen molar-refractivity contribution >= 4 is 17.7 Å². The summed E-state index contributed by atoms with van der Waals surface area (Å²) < 4.78 is 0. The van der Waals surface area contributed by atoms with Gasteiger partial charge in [-0.05, 0) is 24.1 Å². The number of hydrogen-bond donors (Lipinski definition) is 0. The van der Waals surface area contributed by atoms with Crippen molar-refractivity contribution in [2.45, 2.75) is 6.42 Å². The van der Waals surface area contributed by atoms with Gasteiger partial charge in [-0.3, -0.25) is 0 Å². The van der Waals surface area contributed by atoms with Crippen LogP contribution in [0.1, 0.15) is 5.56 Å². The second-order valence-corrected chi connectivity index (χ2v) is 3.17. The maximum absolute atomic E-state index is 9.74. The van der Waals surface area contributed by atoms with Crippen LogP contribution < -0.4 is 0 Å². The zero-order valence-electron chi connectivity index (χ0n) is 7.61. The molecule has 1 aromatic rings. The van der Waals surface area contributed by atoms with Gasteiger partial charge in [-0.1, -0.05) is 35.9 Å². The van der Waals surface area contributed by atoms with Crippen molar-refractivity contribution in [2.24, 2.45) is 4.99 Å². The van der Waals surface area contributed by atoms with Gasteiger partial charge in [0.25, 0.3) is 0 Å². The molecule has 0 saturated heterocycles. The first-order chi connectivity index (χ1) is 6.83. The van der Waals surface area contributed by atoms with Gasteiger partial charge >= 0.3 is 0 Å². The summed E-state index contributed by atoms with van der Waals surface area (Å²) in [6, 6.07) is 7.65. The number of hydrogen-bond acceptors (Lipinski definition) is 2. The molecule has 14 heavy (non-hydrogen) atoms. The summed E-state index contributed by atoms with van der Waals surface area (Å²) >= 11 is 5.74.